The highest BCUT2D eigenvalue weighted by atomic mass is 16.5. The maximum Gasteiger partial charge on any atom is 0.241 e. The summed E-state index contributed by atoms with van der Waals surface area (Å²) < 4.78 is 5.74. The van der Waals surface area contributed by atoms with Crippen molar-refractivity contribution in [3.63, 3.8) is 0 Å². The second-order valence-corrected chi connectivity index (χ2v) is 6.35. The molecule has 0 aromatic carbocycles. The van der Waals surface area contributed by atoms with Crippen molar-refractivity contribution in [1.82, 2.24) is 10.2 Å². The van der Waals surface area contributed by atoms with Crippen LogP contribution >= 0.6 is 0 Å². The van der Waals surface area contributed by atoms with Gasteiger partial charge in [-0.3, -0.25) is 10.1 Å². The predicted molar refractivity (Wildman–Crippen MR) is 77.9 cm³/mol. The average Bonchev–Trinajstić information content (AvgIpc) is 2.58. The van der Waals surface area contributed by atoms with Crippen molar-refractivity contribution >= 4 is 5.91 Å². The second kappa shape index (κ2) is 6.71. The minimum Gasteiger partial charge on any atom is -0.374 e. The Morgan fingerprint density at radius 3 is 2.47 bits per heavy atom. The van der Waals surface area contributed by atoms with Crippen LogP contribution in [0.1, 0.15) is 54.4 Å². The van der Waals surface area contributed by atoms with Crippen molar-refractivity contribution in [3.8, 4) is 0 Å². The van der Waals surface area contributed by atoms with E-state index < -0.39 is 0 Å². The maximum atomic E-state index is 12.5. The summed E-state index contributed by atoms with van der Waals surface area (Å²) in [5, 5.41) is 3.48. The average molecular weight is 270 g/mol. The Kier molecular flexibility index (Phi) is 5.81. The fourth-order valence-electron chi connectivity index (χ4n) is 2.73. The monoisotopic (exact) mass is 270 g/mol. The summed E-state index contributed by atoms with van der Waals surface area (Å²) in [6, 6.07) is -0.0472. The zero-order valence-electron chi connectivity index (χ0n) is 13.3. The molecule has 4 nitrogen and oxygen atoms in total. The molecule has 0 bridgehead atoms. The van der Waals surface area contributed by atoms with E-state index in [4.69, 9.17) is 4.74 Å². The van der Waals surface area contributed by atoms with Crippen LogP contribution in [0.5, 0.6) is 0 Å². The number of carbonyl (C=O) groups is 1. The summed E-state index contributed by atoms with van der Waals surface area (Å²) in [4.78, 5) is 14.5. The largest absolute Gasteiger partial charge is 0.374 e. The Morgan fingerprint density at radius 1 is 1.37 bits per heavy atom. The van der Waals surface area contributed by atoms with E-state index in [-0.39, 0.29) is 23.7 Å². The topological polar surface area (TPSA) is 41.6 Å². The first-order valence-electron chi connectivity index (χ1n) is 7.53. The summed E-state index contributed by atoms with van der Waals surface area (Å²) in [6.45, 7) is 13.8. The third kappa shape index (κ3) is 4.18. The molecule has 1 aliphatic heterocycles. The number of nitrogens with zero attached hydrogens (tertiary/aromatic N) is 1. The van der Waals surface area contributed by atoms with E-state index >= 15 is 0 Å². The molecule has 0 spiro atoms. The molecule has 0 aromatic rings. The lowest BCUT2D eigenvalue weighted by Crippen LogP contribution is -2.46. The standard InChI is InChI=1S/C15H30N2O2/c1-7-9-12-16-13(11(3)4)14(18)17(12)10-15(5,6)19-8-2/h11-13,16H,7-10H2,1-6H3. The smallest absolute Gasteiger partial charge is 0.241 e. The van der Waals surface area contributed by atoms with Crippen molar-refractivity contribution in [1.29, 1.82) is 0 Å². The molecule has 1 N–H and O–H groups in total. The summed E-state index contributed by atoms with van der Waals surface area (Å²) >= 11 is 0. The van der Waals surface area contributed by atoms with Crippen LogP contribution in [-0.2, 0) is 9.53 Å². The molecule has 112 valence electrons. The van der Waals surface area contributed by atoms with E-state index in [0.717, 1.165) is 12.8 Å². The Morgan fingerprint density at radius 2 is 2.00 bits per heavy atom. The highest BCUT2D eigenvalue weighted by molar-refractivity contribution is 5.84. The molecule has 0 aromatic heterocycles. The van der Waals surface area contributed by atoms with Gasteiger partial charge in [-0.25, -0.2) is 0 Å². The minimum absolute atomic E-state index is 0.0472. The van der Waals surface area contributed by atoms with E-state index in [1.165, 1.54) is 0 Å². The fraction of sp³-hybridized carbons (Fsp3) is 0.933. The van der Waals surface area contributed by atoms with Crippen LogP contribution in [-0.4, -0.2) is 41.8 Å². The molecule has 19 heavy (non-hydrogen) atoms. The number of amides is 1. The van der Waals surface area contributed by atoms with Crippen LogP contribution in [0.25, 0.3) is 0 Å². The van der Waals surface area contributed by atoms with Gasteiger partial charge in [0.15, 0.2) is 0 Å². The SMILES string of the molecule is CCCC1NC(C(C)C)C(=O)N1CC(C)(C)OCC. The van der Waals surface area contributed by atoms with Gasteiger partial charge in [0.1, 0.15) is 0 Å². The van der Waals surface area contributed by atoms with Gasteiger partial charge in [0.05, 0.1) is 24.4 Å². The van der Waals surface area contributed by atoms with Crippen molar-refractivity contribution in [2.45, 2.75) is 72.2 Å². The highest BCUT2D eigenvalue weighted by Gasteiger charge is 2.41. The van der Waals surface area contributed by atoms with Crippen molar-refractivity contribution < 1.29 is 9.53 Å². The summed E-state index contributed by atoms with van der Waals surface area (Å²) in [5.41, 5.74) is -0.288. The number of hydrogen-bond acceptors (Lipinski definition) is 3. The molecule has 0 radical (unpaired) electrons. The Hall–Kier alpha value is -0.610. The van der Waals surface area contributed by atoms with E-state index in [9.17, 15) is 4.79 Å². The number of ether oxygens (including phenoxy) is 1. The Balaban J connectivity index is 2.79. The number of rotatable bonds is 7. The first kappa shape index (κ1) is 16.4. The van der Waals surface area contributed by atoms with Crippen LogP contribution in [0.4, 0.5) is 0 Å². The van der Waals surface area contributed by atoms with Gasteiger partial charge in [-0.1, -0.05) is 27.2 Å². The van der Waals surface area contributed by atoms with Gasteiger partial charge in [-0.2, -0.15) is 0 Å². The van der Waals surface area contributed by atoms with Gasteiger partial charge in [0.2, 0.25) is 5.91 Å². The molecule has 0 saturated carbocycles. The maximum absolute atomic E-state index is 12.5. The van der Waals surface area contributed by atoms with E-state index in [1.807, 2.05) is 11.8 Å². The Labute approximate surface area is 117 Å². The quantitative estimate of drug-likeness (QED) is 0.772. The van der Waals surface area contributed by atoms with Crippen LogP contribution in [0.3, 0.4) is 0 Å². The molecule has 2 unspecified atom stereocenters. The summed E-state index contributed by atoms with van der Waals surface area (Å²) in [7, 11) is 0. The summed E-state index contributed by atoms with van der Waals surface area (Å²) in [6.07, 6.45) is 2.23. The van der Waals surface area contributed by atoms with Gasteiger partial charge in [-0.15, -0.1) is 0 Å². The molecule has 1 rings (SSSR count). The number of nitrogens with one attached hydrogen (secondary N) is 1. The molecule has 1 fully saturated rings. The van der Waals surface area contributed by atoms with Crippen molar-refractivity contribution in [2.75, 3.05) is 13.2 Å². The minimum atomic E-state index is -0.288. The molecule has 2 atom stereocenters. The molecular weight excluding hydrogens is 240 g/mol. The third-order valence-electron chi connectivity index (χ3n) is 3.61. The summed E-state index contributed by atoms with van der Waals surface area (Å²) in [5.74, 6) is 0.549. The van der Waals surface area contributed by atoms with Crippen molar-refractivity contribution in [2.24, 2.45) is 5.92 Å². The first-order chi connectivity index (χ1) is 8.82. The van der Waals surface area contributed by atoms with Crippen LogP contribution < -0.4 is 5.32 Å². The molecule has 1 saturated heterocycles. The van der Waals surface area contributed by atoms with E-state index in [2.05, 4.69) is 39.9 Å². The lowest BCUT2D eigenvalue weighted by molar-refractivity contribution is -0.135. The Bertz CT molecular complexity index is 303. The lowest BCUT2D eigenvalue weighted by Gasteiger charge is -2.33. The molecular formula is C15H30N2O2. The zero-order valence-corrected chi connectivity index (χ0v) is 13.3. The lowest BCUT2D eigenvalue weighted by atomic mass is 10.0. The predicted octanol–water partition coefficient (Wildman–Crippen LogP) is 2.38. The zero-order chi connectivity index (χ0) is 14.6. The van der Waals surface area contributed by atoms with Gasteiger partial charge in [0.25, 0.3) is 0 Å². The van der Waals surface area contributed by atoms with E-state index in [0.29, 0.717) is 19.1 Å². The number of hydrogen-bond donors (Lipinski definition) is 1. The molecule has 0 aliphatic carbocycles. The molecule has 1 aliphatic rings. The highest BCUT2D eigenvalue weighted by Crippen LogP contribution is 2.23. The van der Waals surface area contributed by atoms with Crippen LogP contribution in [0.2, 0.25) is 0 Å². The van der Waals surface area contributed by atoms with Crippen LogP contribution in [0, 0.1) is 5.92 Å². The molecule has 1 heterocycles. The van der Waals surface area contributed by atoms with E-state index in [1.54, 1.807) is 0 Å². The fourth-order valence-corrected chi connectivity index (χ4v) is 2.73. The third-order valence-corrected chi connectivity index (χ3v) is 3.61. The normalized spacial score (nSPS) is 24.6. The molecule has 4 heteroatoms. The van der Waals surface area contributed by atoms with Crippen LogP contribution in [0.15, 0.2) is 0 Å². The number of carbonyl (C=O) groups excluding carboxylic acids is 1. The van der Waals surface area contributed by atoms with Crippen molar-refractivity contribution in [3.05, 3.63) is 0 Å². The molecule has 1 amide bonds. The first-order valence-corrected chi connectivity index (χ1v) is 7.53. The second-order valence-electron chi connectivity index (χ2n) is 6.35. The van der Waals surface area contributed by atoms with Gasteiger partial charge >= 0.3 is 0 Å². The van der Waals surface area contributed by atoms with Gasteiger partial charge < -0.3 is 9.64 Å². The van der Waals surface area contributed by atoms with Gasteiger partial charge in [-0.05, 0) is 33.1 Å². The van der Waals surface area contributed by atoms with Gasteiger partial charge in [0, 0.05) is 6.61 Å².